The van der Waals surface area contributed by atoms with Gasteiger partial charge >= 0.3 is 0 Å². The summed E-state index contributed by atoms with van der Waals surface area (Å²) in [6.45, 7) is 5.31. The molecular weight excluding hydrogens is 326 g/mol. The number of thiophene rings is 1. The lowest BCUT2D eigenvalue weighted by atomic mass is 10.0. The van der Waals surface area contributed by atoms with E-state index in [2.05, 4.69) is 22.1 Å². The van der Waals surface area contributed by atoms with Gasteiger partial charge in [0, 0.05) is 19.1 Å². The molecule has 4 nitrogen and oxygen atoms in total. The molecule has 23 heavy (non-hydrogen) atoms. The summed E-state index contributed by atoms with van der Waals surface area (Å²) in [6.07, 6.45) is 6.66. The first-order valence-electron chi connectivity index (χ1n) is 8.26. The van der Waals surface area contributed by atoms with Gasteiger partial charge in [-0.3, -0.25) is 4.79 Å². The molecule has 124 valence electrons. The number of hydrogen-bond donors (Lipinski definition) is 1. The van der Waals surface area contributed by atoms with Crippen LogP contribution in [0, 0.1) is 0 Å². The van der Waals surface area contributed by atoms with E-state index < -0.39 is 0 Å². The van der Waals surface area contributed by atoms with Gasteiger partial charge in [-0.1, -0.05) is 12.5 Å². The normalized spacial score (nSPS) is 18.9. The Hall–Kier alpha value is -1.24. The Kier molecular flexibility index (Phi) is 5.80. The molecule has 0 spiro atoms. The largest absolute Gasteiger partial charge is 0.351 e. The molecule has 1 aliphatic rings. The number of nitrogens with one attached hydrogen (secondary N) is 1. The first-order valence-corrected chi connectivity index (χ1v) is 9.95. The lowest BCUT2D eigenvalue weighted by molar-refractivity contribution is 0.0952. The minimum atomic E-state index is -0.00278. The summed E-state index contributed by atoms with van der Waals surface area (Å²) in [5.74, 6) is -0.00278. The molecule has 0 bridgehead atoms. The maximum Gasteiger partial charge on any atom is 0.263 e. The second-order valence-corrected chi connectivity index (χ2v) is 7.98. The van der Waals surface area contributed by atoms with Crippen LogP contribution in [0.1, 0.15) is 42.3 Å². The molecule has 0 radical (unpaired) electrons. The molecule has 1 N–H and O–H groups in total. The number of carbonyl (C=O) groups excluding carboxylic acids is 1. The average Bonchev–Trinajstić information content (AvgIpc) is 3.23. The monoisotopic (exact) mass is 349 g/mol. The quantitative estimate of drug-likeness (QED) is 0.805. The Balaban J connectivity index is 1.43. The molecule has 1 amide bonds. The number of nitrogens with zero attached hydrogens (tertiary/aromatic N) is 2. The Bertz CT molecular complexity index is 624. The van der Waals surface area contributed by atoms with E-state index in [0.29, 0.717) is 10.9 Å². The summed E-state index contributed by atoms with van der Waals surface area (Å²) in [7, 11) is 0. The predicted octanol–water partition coefficient (Wildman–Crippen LogP) is 3.87. The summed E-state index contributed by atoms with van der Waals surface area (Å²) in [5, 5.41) is 5.97. The number of rotatable bonds is 6. The molecule has 1 aliphatic heterocycles. The second kappa shape index (κ2) is 8.04. The van der Waals surface area contributed by atoms with E-state index in [1.54, 1.807) is 17.5 Å². The first kappa shape index (κ1) is 16.6. The predicted molar refractivity (Wildman–Crippen MR) is 97.3 cm³/mol. The fourth-order valence-corrected chi connectivity index (χ4v) is 4.59. The van der Waals surface area contributed by atoms with Crippen LogP contribution in [-0.2, 0) is 0 Å². The smallest absolute Gasteiger partial charge is 0.263 e. The molecule has 2 aromatic rings. The van der Waals surface area contributed by atoms with Gasteiger partial charge in [-0.25, -0.2) is 4.98 Å². The minimum absolute atomic E-state index is 0.00278. The van der Waals surface area contributed by atoms with Gasteiger partial charge in [-0.15, -0.1) is 22.7 Å². The third-order valence-electron chi connectivity index (χ3n) is 4.31. The van der Waals surface area contributed by atoms with Crippen molar-refractivity contribution in [1.82, 2.24) is 15.2 Å². The van der Waals surface area contributed by atoms with Crippen molar-refractivity contribution in [3.63, 3.8) is 0 Å². The fraction of sp³-hybridized carbons (Fsp3) is 0.529. The van der Waals surface area contributed by atoms with Crippen molar-refractivity contribution in [2.45, 2.75) is 38.6 Å². The van der Waals surface area contributed by atoms with Gasteiger partial charge in [0.1, 0.15) is 9.88 Å². The highest BCUT2D eigenvalue weighted by molar-refractivity contribution is 7.21. The molecule has 0 aliphatic carbocycles. The maximum atomic E-state index is 12.2. The van der Waals surface area contributed by atoms with Crippen LogP contribution in [0.5, 0.6) is 0 Å². The fourth-order valence-electron chi connectivity index (χ4n) is 2.95. The molecule has 1 atom stereocenters. The summed E-state index contributed by atoms with van der Waals surface area (Å²) < 4.78 is 0. The van der Waals surface area contributed by atoms with Gasteiger partial charge in [-0.2, -0.15) is 0 Å². The zero-order valence-electron chi connectivity index (χ0n) is 13.5. The topological polar surface area (TPSA) is 45.2 Å². The molecule has 3 heterocycles. The van der Waals surface area contributed by atoms with Crippen LogP contribution in [0.4, 0.5) is 0 Å². The zero-order valence-corrected chi connectivity index (χ0v) is 15.1. The highest BCUT2D eigenvalue weighted by Crippen LogP contribution is 2.28. The average molecular weight is 350 g/mol. The molecular formula is C17H23N3OS2. The van der Waals surface area contributed by atoms with E-state index >= 15 is 0 Å². The van der Waals surface area contributed by atoms with Crippen LogP contribution in [0.2, 0.25) is 0 Å². The molecule has 1 saturated heterocycles. The van der Waals surface area contributed by atoms with Crippen LogP contribution >= 0.6 is 22.7 Å². The van der Waals surface area contributed by atoms with E-state index in [0.717, 1.165) is 29.4 Å². The van der Waals surface area contributed by atoms with Gasteiger partial charge in [-0.05, 0) is 44.2 Å². The molecule has 0 saturated carbocycles. The van der Waals surface area contributed by atoms with Crippen molar-refractivity contribution in [3.05, 3.63) is 28.6 Å². The summed E-state index contributed by atoms with van der Waals surface area (Å²) in [5.41, 5.74) is 0. The number of hydrogen-bond acceptors (Lipinski definition) is 5. The van der Waals surface area contributed by atoms with Crippen LogP contribution in [0.25, 0.3) is 9.88 Å². The Morgan fingerprint density at radius 2 is 2.39 bits per heavy atom. The van der Waals surface area contributed by atoms with Gasteiger partial charge in [0.05, 0.1) is 11.1 Å². The highest BCUT2D eigenvalue weighted by Gasteiger charge is 2.17. The van der Waals surface area contributed by atoms with E-state index in [-0.39, 0.29) is 5.91 Å². The van der Waals surface area contributed by atoms with Crippen molar-refractivity contribution >= 4 is 28.6 Å². The standard InChI is InChI=1S/C17H23N3OS2/c1-13-6-2-3-9-20(13)10-5-8-18-16(21)15-12-19-17(23-15)14-7-4-11-22-14/h4,7,11-13H,2-3,5-6,8-10H2,1H3,(H,18,21). The number of thiazole rings is 1. The molecule has 2 aromatic heterocycles. The van der Waals surface area contributed by atoms with Gasteiger partial charge in [0.25, 0.3) is 5.91 Å². The summed E-state index contributed by atoms with van der Waals surface area (Å²) in [4.78, 5) is 20.9. The second-order valence-electron chi connectivity index (χ2n) is 6.00. The van der Waals surface area contributed by atoms with E-state index in [1.165, 1.54) is 37.1 Å². The van der Waals surface area contributed by atoms with Crippen LogP contribution in [0.3, 0.4) is 0 Å². The SMILES string of the molecule is CC1CCCCN1CCCNC(=O)c1cnc(-c2cccs2)s1. The van der Waals surface area contributed by atoms with Gasteiger partial charge in [0.15, 0.2) is 0 Å². The third-order valence-corrected chi connectivity index (χ3v) is 6.34. The van der Waals surface area contributed by atoms with Crippen molar-refractivity contribution in [2.75, 3.05) is 19.6 Å². The highest BCUT2D eigenvalue weighted by atomic mass is 32.1. The Labute approximate surface area is 145 Å². The number of carbonyl (C=O) groups is 1. The summed E-state index contributed by atoms with van der Waals surface area (Å²) in [6, 6.07) is 4.72. The lowest BCUT2D eigenvalue weighted by Crippen LogP contribution is -2.39. The molecule has 1 fully saturated rings. The minimum Gasteiger partial charge on any atom is -0.351 e. The molecule has 1 unspecified atom stereocenters. The zero-order chi connectivity index (χ0) is 16.1. The van der Waals surface area contributed by atoms with Crippen molar-refractivity contribution < 1.29 is 4.79 Å². The van der Waals surface area contributed by atoms with Crippen LogP contribution < -0.4 is 5.32 Å². The number of aromatic nitrogens is 1. The van der Waals surface area contributed by atoms with Gasteiger partial charge in [0.2, 0.25) is 0 Å². The molecule has 0 aromatic carbocycles. The Morgan fingerprint density at radius 3 is 3.17 bits per heavy atom. The number of likely N-dealkylation sites (tertiary alicyclic amines) is 1. The van der Waals surface area contributed by atoms with E-state index in [9.17, 15) is 4.79 Å². The first-order chi connectivity index (χ1) is 11.2. The van der Waals surface area contributed by atoms with Crippen molar-refractivity contribution in [2.24, 2.45) is 0 Å². The molecule has 3 rings (SSSR count). The Morgan fingerprint density at radius 1 is 1.48 bits per heavy atom. The number of piperidine rings is 1. The van der Waals surface area contributed by atoms with E-state index in [1.807, 2.05) is 17.5 Å². The van der Waals surface area contributed by atoms with Crippen molar-refractivity contribution in [3.8, 4) is 9.88 Å². The van der Waals surface area contributed by atoms with Crippen LogP contribution in [-0.4, -0.2) is 41.5 Å². The molecule has 6 heteroatoms. The maximum absolute atomic E-state index is 12.2. The van der Waals surface area contributed by atoms with Crippen molar-refractivity contribution in [1.29, 1.82) is 0 Å². The lowest BCUT2D eigenvalue weighted by Gasteiger charge is -2.33. The van der Waals surface area contributed by atoms with Crippen LogP contribution in [0.15, 0.2) is 23.7 Å². The third kappa shape index (κ3) is 4.40. The van der Waals surface area contributed by atoms with E-state index in [4.69, 9.17) is 0 Å². The number of amides is 1. The van der Waals surface area contributed by atoms with Gasteiger partial charge < -0.3 is 10.2 Å². The summed E-state index contributed by atoms with van der Waals surface area (Å²) >= 11 is 3.11.